The molecule has 2 unspecified atom stereocenters. The molecule has 0 fully saturated rings. The van der Waals surface area contributed by atoms with Gasteiger partial charge in [-0.05, 0) is 13.8 Å². The van der Waals surface area contributed by atoms with Gasteiger partial charge in [-0.15, -0.1) is 0 Å². The van der Waals surface area contributed by atoms with E-state index in [-0.39, 0.29) is 30.9 Å². The van der Waals surface area contributed by atoms with Crippen LogP contribution in [0, 0.1) is 0 Å². The van der Waals surface area contributed by atoms with E-state index < -0.39 is 17.9 Å². The summed E-state index contributed by atoms with van der Waals surface area (Å²) in [6.07, 6.45) is -0.962. The number of hydrogen-bond donors (Lipinski definition) is 0. The zero-order valence-corrected chi connectivity index (χ0v) is 12.9. The van der Waals surface area contributed by atoms with E-state index in [1.807, 2.05) is 0 Å². The molecule has 6 heteroatoms. The van der Waals surface area contributed by atoms with Gasteiger partial charge in [-0.25, -0.2) is 4.79 Å². The van der Waals surface area contributed by atoms with Crippen molar-refractivity contribution < 1.29 is 28.6 Å². The fourth-order valence-corrected chi connectivity index (χ4v) is 1.69. The molecule has 0 aromatic heterocycles. The minimum Gasteiger partial charge on any atom is -0.460 e. The van der Waals surface area contributed by atoms with Crippen LogP contribution in [0.15, 0.2) is 30.3 Å². The van der Waals surface area contributed by atoms with Crippen molar-refractivity contribution in [3.63, 3.8) is 0 Å². The first-order chi connectivity index (χ1) is 10.4. The van der Waals surface area contributed by atoms with Gasteiger partial charge in [-0.3, -0.25) is 9.59 Å². The molecule has 0 heterocycles. The lowest BCUT2D eigenvalue weighted by atomic mass is 10.1. The minimum atomic E-state index is -0.921. The smallest absolute Gasteiger partial charge is 0.380 e. The van der Waals surface area contributed by atoms with Crippen LogP contribution in [-0.2, 0) is 23.8 Å². The predicted octanol–water partition coefficient (Wildman–Crippen LogP) is 1.77. The highest BCUT2D eigenvalue weighted by atomic mass is 16.6. The van der Waals surface area contributed by atoms with Gasteiger partial charge in [0.05, 0.1) is 13.2 Å². The van der Waals surface area contributed by atoms with Crippen LogP contribution in [0.1, 0.15) is 31.1 Å². The van der Waals surface area contributed by atoms with Crippen LogP contribution < -0.4 is 0 Å². The number of benzene rings is 1. The van der Waals surface area contributed by atoms with E-state index in [0.717, 1.165) is 0 Å². The Morgan fingerprint density at radius 3 is 2.05 bits per heavy atom. The molecule has 0 bridgehead atoms. The zero-order chi connectivity index (χ0) is 16.5. The molecule has 6 nitrogen and oxygen atoms in total. The van der Waals surface area contributed by atoms with Crippen LogP contribution in [-0.4, -0.2) is 43.1 Å². The molecule has 1 aromatic rings. The number of carbonyl (C=O) groups is 3. The molecule has 0 saturated carbocycles. The van der Waals surface area contributed by atoms with E-state index >= 15 is 0 Å². The maximum absolute atomic E-state index is 11.8. The first-order valence-electron chi connectivity index (χ1n) is 6.95. The number of rotatable bonds is 8. The van der Waals surface area contributed by atoms with Gasteiger partial charge in [-0.2, -0.15) is 0 Å². The summed E-state index contributed by atoms with van der Waals surface area (Å²) in [7, 11) is 0. The van der Waals surface area contributed by atoms with E-state index in [1.54, 1.807) is 44.2 Å². The minimum absolute atomic E-state index is 0.111. The summed E-state index contributed by atoms with van der Waals surface area (Å²) in [5.41, 5.74) is 0.282. The van der Waals surface area contributed by atoms with Gasteiger partial charge in [0.15, 0.2) is 0 Å². The third kappa shape index (κ3) is 6.49. The highest BCUT2D eigenvalue weighted by Crippen LogP contribution is 2.04. The van der Waals surface area contributed by atoms with Crippen molar-refractivity contribution in [1.29, 1.82) is 0 Å². The molecule has 0 saturated heterocycles. The molecule has 1 rings (SSSR count). The van der Waals surface area contributed by atoms with Crippen molar-refractivity contribution in [3.8, 4) is 0 Å². The zero-order valence-electron chi connectivity index (χ0n) is 12.9. The van der Waals surface area contributed by atoms with Crippen molar-refractivity contribution >= 4 is 17.7 Å². The lowest BCUT2D eigenvalue weighted by molar-refractivity contribution is -0.150. The molecule has 22 heavy (non-hydrogen) atoms. The molecule has 0 aliphatic carbocycles. The molecule has 0 N–H and O–H groups in total. The highest BCUT2D eigenvalue weighted by molar-refractivity contribution is 6.40. The fourth-order valence-electron chi connectivity index (χ4n) is 1.69. The van der Waals surface area contributed by atoms with E-state index in [0.29, 0.717) is 0 Å². The summed E-state index contributed by atoms with van der Waals surface area (Å²) in [5, 5.41) is 0. The second kappa shape index (κ2) is 8.94. The number of carbonyl (C=O) groups excluding carboxylic acids is 3. The van der Waals surface area contributed by atoms with Crippen molar-refractivity contribution in [2.75, 3.05) is 13.2 Å². The fraction of sp³-hybridized carbons (Fsp3) is 0.438. The van der Waals surface area contributed by atoms with E-state index in [4.69, 9.17) is 14.2 Å². The van der Waals surface area contributed by atoms with Gasteiger partial charge >= 0.3 is 11.9 Å². The van der Waals surface area contributed by atoms with Crippen LogP contribution >= 0.6 is 0 Å². The third-order valence-electron chi connectivity index (χ3n) is 2.60. The summed E-state index contributed by atoms with van der Waals surface area (Å²) >= 11 is 0. The quantitative estimate of drug-likeness (QED) is 0.414. The van der Waals surface area contributed by atoms with Gasteiger partial charge in [-0.1, -0.05) is 30.3 Å². The van der Waals surface area contributed by atoms with Crippen molar-refractivity contribution in [1.82, 2.24) is 0 Å². The van der Waals surface area contributed by atoms with Crippen molar-refractivity contribution in [2.45, 2.75) is 33.0 Å². The molecular weight excluding hydrogens is 288 g/mol. The number of esters is 2. The third-order valence-corrected chi connectivity index (χ3v) is 2.60. The Balaban J connectivity index is 2.32. The topological polar surface area (TPSA) is 78.9 Å². The monoisotopic (exact) mass is 308 g/mol. The lowest BCUT2D eigenvalue weighted by Crippen LogP contribution is -2.27. The predicted molar refractivity (Wildman–Crippen MR) is 78.4 cm³/mol. The normalized spacial score (nSPS) is 13.0. The van der Waals surface area contributed by atoms with Crippen LogP contribution in [0.5, 0.6) is 0 Å². The van der Waals surface area contributed by atoms with Crippen LogP contribution in [0.2, 0.25) is 0 Å². The molecular formula is C16H20O6. The Hall–Kier alpha value is -2.21. The van der Waals surface area contributed by atoms with Crippen LogP contribution in [0.25, 0.3) is 0 Å². The number of ether oxygens (including phenoxy) is 3. The summed E-state index contributed by atoms with van der Waals surface area (Å²) in [6.45, 7) is 4.92. The molecule has 2 atom stereocenters. The Labute approximate surface area is 129 Å². The maximum atomic E-state index is 11.8. The van der Waals surface area contributed by atoms with Gasteiger partial charge in [0.25, 0.3) is 5.78 Å². The lowest BCUT2D eigenvalue weighted by Gasteiger charge is -2.16. The summed E-state index contributed by atoms with van der Waals surface area (Å²) in [4.78, 5) is 34.2. The van der Waals surface area contributed by atoms with E-state index in [2.05, 4.69) is 0 Å². The van der Waals surface area contributed by atoms with Crippen molar-refractivity contribution in [3.05, 3.63) is 35.9 Å². The molecule has 0 amide bonds. The molecule has 120 valence electrons. The average Bonchev–Trinajstić information content (AvgIpc) is 2.46. The molecule has 0 spiro atoms. The van der Waals surface area contributed by atoms with E-state index in [1.165, 1.54) is 6.92 Å². The maximum Gasteiger partial charge on any atom is 0.380 e. The standard InChI is InChI=1S/C16H20O6/c1-11(21-13(3)17)9-20-10-12(2)22-16(19)15(18)14-7-5-4-6-8-14/h4-8,11-12H,9-10H2,1-3H3. The van der Waals surface area contributed by atoms with Gasteiger partial charge in [0.2, 0.25) is 0 Å². The summed E-state index contributed by atoms with van der Waals surface area (Å²) in [5.74, 6) is -2.00. The van der Waals surface area contributed by atoms with Crippen molar-refractivity contribution in [2.24, 2.45) is 0 Å². The SMILES string of the molecule is CC(=O)OC(C)COCC(C)OC(=O)C(=O)c1ccccc1. The molecule has 0 aliphatic rings. The molecule has 0 aliphatic heterocycles. The Morgan fingerprint density at radius 1 is 0.955 bits per heavy atom. The summed E-state index contributed by atoms with van der Waals surface area (Å²) in [6, 6.07) is 8.19. The van der Waals surface area contributed by atoms with Gasteiger partial charge in [0.1, 0.15) is 12.2 Å². The summed E-state index contributed by atoms with van der Waals surface area (Å²) < 4.78 is 15.2. The second-order valence-corrected chi connectivity index (χ2v) is 4.87. The Kier molecular flexibility index (Phi) is 7.25. The highest BCUT2D eigenvalue weighted by Gasteiger charge is 2.20. The van der Waals surface area contributed by atoms with Gasteiger partial charge in [0, 0.05) is 12.5 Å². The average molecular weight is 308 g/mol. The van der Waals surface area contributed by atoms with Crippen LogP contribution in [0.3, 0.4) is 0 Å². The number of ketones is 1. The Morgan fingerprint density at radius 2 is 1.50 bits per heavy atom. The number of hydrogen-bond acceptors (Lipinski definition) is 6. The van der Waals surface area contributed by atoms with Crippen LogP contribution in [0.4, 0.5) is 0 Å². The molecule has 1 aromatic carbocycles. The second-order valence-electron chi connectivity index (χ2n) is 4.87. The Bertz CT molecular complexity index is 511. The molecule has 0 radical (unpaired) electrons. The largest absolute Gasteiger partial charge is 0.460 e. The van der Waals surface area contributed by atoms with Gasteiger partial charge < -0.3 is 14.2 Å². The first kappa shape index (κ1) is 17.8. The number of Topliss-reactive ketones (excluding diaryl/α,β-unsaturated/α-hetero) is 1. The first-order valence-corrected chi connectivity index (χ1v) is 6.95. The van der Waals surface area contributed by atoms with E-state index in [9.17, 15) is 14.4 Å².